The van der Waals surface area contributed by atoms with Crippen molar-refractivity contribution in [2.75, 3.05) is 28.4 Å². The Morgan fingerprint density at radius 3 is 2.00 bits per heavy atom. The molecule has 3 aromatic rings. The van der Waals surface area contributed by atoms with E-state index in [-0.39, 0.29) is 22.6 Å². The van der Waals surface area contributed by atoms with Crippen molar-refractivity contribution >= 4 is 17.4 Å². The SMILES string of the molecule is COc1ccc(/C=C(/C(=O)c2cc(OC)c(OC)c(OC)c2)c2ccccc2O)cc1F. The standard InChI is InChI=1S/C25H23FO6/c1-29-21-10-9-15(12-19(21)26)11-18(17-7-5-6-8-20(17)27)24(28)16-13-22(30-2)25(32-4)23(14-16)31-3/h5-14,27H,1-4H3/b18-11+. The summed E-state index contributed by atoms with van der Waals surface area (Å²) < 4.78 is 35.2. The minimum atomic E-state index is -0.571. The van der Waals surface area contributed by atoms with E-state index in [1.807, 2.05) is 0 Å². The van der Waals surface area contributed by atoms with Crippen LogP contribution >= 0.6 is 0 Å². The molecule has 0 aromatic heterocycles. The van der Waals surface area contributed by atoms with Gasteiger partial charge < -0.3 is 24.1 Å². The Labute approximate surface area is 185 Å². The number of Topliss-reactive ketones (excluding diaryl/α,β-unsaturated/α-hetero) is 1. The molecule has 0 spiro atoms. The van der Waals surface area contributed by atoms with E-state index in [9.17, 15) is 14.3 Å². The molecule has 0 aliphatic rings. The third-order valence-corrected chi connectivity index (χ3v) is 4.85. The summed E-state index contributed by atoms with van der Waals surface area (Å²) in [5.41, 5.74) is 1.11. The summed E-state index contributed by atoms with van der Waals surface area (Å²) in [6.45, 7) is 0. The van der Waals surface area contributed by atoms with Gasteiger partial charge in [-0.2, -0.15) is 0 Å². The van der Waals surface area contributed by atoms with Crippen LogP contribution in [0.1, 0.15) is 21.5 Å². The number of aromatic hydroxyl groups is 1. The number of phenols is 1. The Balaban J connectivity index is 2.20. The molecule has 0 atom stereocenters. The van der Waals surface area contributed by atoms with Gasteiger partial charge in [0.25, 0.3) is 0 Å². The van der Waals surface area contributed by atoms with Gasteiger partial charge in [0.2, 0.25) is 5.75 Å². The van der Waals surface area contributed by atoms with E-state index >= 15 is 0 Å². The average molecular weight is 438 g/mol. The van der Waals surface area contributed by atoms with Crippen LogP contribution in [0.2, 0.25) is 0 Å². The van der Waals surface area contributed by atoms with Crippen LogP contribution in [0.3, 0.4) is 0 Å². The zero-order valence-corrected chi connectivity index (χ0v) is 18.1. The van der Waals surface area contributed by atoms with Crippen LogP contribution in [0, 0.1) is 5.82 Å². The van der Waals surface area contributed by atoms with Gasteiger partial charge in [0.05, 0.1) is 28.4 Å². The molecule has 0 unspecified atom stereocenters. The molecule has 0 heterocycles. The number of rotatable bonds is 8. The zero-order chi connectivity index (χ0) is 23.3. The fourth-order valence-electron chi connectivity index (χ4n) is 3.27. The number of carbonyl (C=O) groups is 1. The summed E-state index contributed by atoms with van der Waals surface area (Å²) in [6, 6.07) is 13.8. The van der Waals surface area contributed by atoms with E-state index < -0.39 is 11.6 Å². The topological polar surface area (TPSA) is 74.2 Å². The first-order valence-corrected chi connectivity index (χ1v) is 9.61. The van der Waals surface area contributed by atoms with Crippen molar-refractivity contribution in [3.8, 4) is 28.7 Å². The summed E-state index contributed by atoms with van der Waals surface area (Å²) in [4.78, 5) is 13.6. The monoisotopic (exact) mass is 438 g/mol. The van der Waals surface area contributed by atoms with E-state index in [2.05, 4.69) is 0 Å². The van der Waals surface area contributed by atoms with Gasteiger partial charge in [0.1, 0.15) is 5.75 Å². The van der Waals surface area contributed by atoms with Crippen molar-refractivity contribution < 1.29 is 33.2 Å². The number of allylic oxidation sites excluding steroid dienone is 1. The highest BCUT2D eigenvalue weighted by molar-refractivity contribution is 6.33. The maximum atomic E-state index is 14.3. The van der Waals surface area contributed by atoms with Crippen LogP contribution in [0.15, 0.2) is 54.6 Å². The Morgan fingerprint density at radius 2 is 1.47 bits per heavy atom. The first-order chi connectivity index (χ1) is 15.4. The second-order valence-electron chi connectivity index (χ2n) is 6.71. The normalized spacial score (nSPS) is 11.1. The second-order valence-corrected chi connectivity index (χ2v) is 6.71. The van der Waals surface area contributed by atoms with Crippen molar-refractivity contribution in [2.24, 2.45) is 0 Å². The molecule has 1 N–H and O–H groups in total. The summed E-state index contributed by atoms with van der Waals surface area (Å²) in [5, 5.41) is 10.4. The Kier molecular flexibility index (Phi) is 7.00. The van der Waals surface area contributed by atoms with Gasteiger partial charge >= 0.3 is 0 Å². The van der Waals surface area contributed by atoms with Crippen molar-refractivity contribution in [1.82, 2.24) is 0 Å². The maximum absolute atomic E-state index is 14.3. The van der Waals surface area contributed by atoms with Crippen molar-refractivity contribution in [3.63, 3.8) is 0 Å². The maximum Gasteiger partial charge on any atom is 0.203 e. The Bertz CT molecular complexity index is 1140. The molecule has 0 radical (unpaired) electrons. The van der Waals surface area contributed by atoms with Crippen LogP contribution in [0.5, 0.6) is 28.7 Å². The lowest BCUT2D eigenvalue weighted by Crippen LogP contribution is -2.06. The number of carbonyl (C=O) groups excluding carboxylic acids is 1. The zero-order valence-electron chi connectivity index (χ0n) is 18.1. The fraction of sp³-hybridized carbons (Fsp3) is 0.160. The molecular weight excluding hydrogens is 415 g/mol. The van der Waals surface area contributed by atoms with Gasteiger partial charge in [-0.15, -0.1) is 0 Å². The van der Waals surface area contributed by atoms with Gasteiger partial charge in [-0.1, -0.05) is 24.3 Å². The van der Waals surface area contributed by atoms with E-state index in [1.54, 1.807) is 24.3 Å². The van der Waals surface area contributed by atoms with Gasteiger partial charge in [0.15, 0.2) is 28.8 Å². The summed E-state index contributed by atoms with van der Waals surface area (Å²) in [6.07, 6.45) is 1.50. The highest BCUT2D eigenvalue weighted by Gasteiger charge is 2.22. The molecule has 0 aliphatic heterocycles. The van der Waals surface area contributed by atoms with Gasteiger partial charge in [-0.05, 0) is 42.0 Å². The number of methoxy groups -OCH3 is 4. The molecule has 0 bridgehead atoms. The lowest BCUT2D eigenvalue weighted by Gasteiger charge is -2.15. The molecule has 32 heavy (non-hydrogen) atoms. The number of phenolic OH excluding ortho intramolecular Hbond substituents is 1. The average Bonchev–Trinajstić information content (AvgIpc) is 2.81. The predicted molar refractivity (Wildman–Crippen MR) is 119 cm³/mol. The molecule has 0 aliphatic carbocycles. The number of ketones is 1. The molecule has 0 fully saturated rings. The van der Waals surface area contributed by atoms with Gasteiger partial charge in [0, 0.05) is 16.7 Å². The first kappa shape index (κ1) is 22.7. The molecule has 7 heteroatoms. The predicted octanol–water partition coefficient (Wildman–Crippen LogP) is 4.99. The van der Waals surface area contributed by atoms with Crippen LogP contribution in [-0.2, 0) is 0 Å². The summed E-state index contributed by atoms with van der Waals surface area (Å²) in [5.74, 6) is -0.0441. The lowest BCUT2D eigenvalue weighted by atomic mass is 9.93. The molecule has 3 rings (SSSR count). The quantitative estimate of drug-likeness (QED) is 0.303. The molecule has 0 saturated carbocycles. The van der Waals surface area contributed by atoms with Crippen LogP contribution in [-0.4, -0.2) is 39.3 Å². The Morgan fingerprint density at radius 1 is 0.844 bits per heavy atom. The second kappa shape index (κ2) is 9.87. The van der Waals surface area contributed by atoms with E-state index in [0.717, 1.165) is 0 Å². The minimum Gasteiger partial charge on any atom is -0.507 e. The number of para-hydroxylation sites is 1. The first-order valence-electron chi connectivity index (χ1n) is 9.61. The minimum absolute atomic E-state index is 0.0854. The van der Waals surface area contributed by atoms with Crippen LogP contribution < -0.4 is 18.9 Å². The third-order valence-electron chi connectivity index (χ3n) is 4.85. The number of halogens is 1. The summed E-state index contributed by atoms with van der Waals surface area (Å²) in [7, 11) is 5.74. The van der Waals surface area contributed by atoms with Crippen molar-refractivity contribution in [1.29, 1.82) is 0 Å². The number of hydrogen-bond donors (Lipinski definition) is 1. The smallest absolute Gasteiger partial charge is 0.203 e. The van der Waals surface area contributed by atoms with E-state index in [1.165, 1.54) is 64.8 Å². The Hall–Kier alpha value is -4.00. The molecule has 0 amide bonds. The highest BCUT2D eigenvalue weighted by Crippen LogP contribution is 2.40. The van der Waals surface area contributed by atoms with Crippen LogP contribution in [0.4, 0.5) is 4.39 Å². The molecule has 166 valence electrons. The van der Waals surface area contributed by atoms with Gasteiger partial charge in [-0.25, -0.2) is 4.39 Å². The molecule has 0 saturated heterocycles. The summed E-state index contributed by atoms with van der Waals surface area (Å²) >= 11 is 0. The molecule has 3 aromatic carbocycles. The van der Waals surface area contributed by atoms with E-state index in [4.69, 9.17) is 18.9 Å². The van der Waals surface area contributed by atoms with Crippen molar-refractivity contribution in [3.05, 3.63) is 77.1 Å². The number of benzene rings is 3. The van der Waals surface area contributed by atoms with E-state index in [0.29, 0.717) is 28.4 Å². The van der Waals surface area contributed by atoms with Crippen LogP contribution in [0.25, 0.3) is 11.6 Å². The molecule has 6 nitrogen and oxygen atoms in total. The third kappa shape index (κ3) is 4.51. The van der Waals surface area contributed by atoms with Gasteiger partial charge in [-0.3, -0.25) is 4.79 Å². The lowest BCUT2D eigenvalue weighted by molar-refractivity contribution is 0.105. The largest absolute Gasteiger partial charge is 0.507 e. The number of hydrogen-bond acceptors (Lipinski definition) is 6. The van der Waals surface area contributed by atoms with Crippen molar-refractivity contribution in [2.45, 2.75) is 0 Å². The number of ether oxygens (including phenoxy) is 4. The molecular formula is C25H23FO6. The fourth-order valence-corrected chi connectivity index (χ4v) is 3.27. The highest BCUT2D eigenvalue weighted by atomic mass is 19.1.